The molecule has 1 amide bonds. The third-order valence-corrected chi connectivity index (χ3v) is 6.35. The Kier molecular flexibility index (Phi) is 5.85. The van der Waals surface area contributed by atoms with Crippen LogP contribution >= 0.6 is 11.8 Å². The van der Waals surface area contributed by atoms with Crippen LogP contribution in [0.15, 0.2) is 59.8 Å². The summed E-state index contributed by atoms with van der Waals surface area (Å²) in [5, 5.41) is 9.11. The molecule has 2 N–H and O–H groups in total. The summed E-state index contributed by atoms with van der Waals surface area (Å²) < 4.78 is 2.05. The molecule has 0 saturated carbocycles. The molecule has 7 heteroatoms. The Labute approximate surface area is 175 Å². The molecule has 2 aromatic carbocycles. The molecule has 150 valence electrons. The van der Waals surface area contributed by atoms with Gasteiger partial charge in [0.1, 0.15) is 5.25 Å². The van der Waals surface area contributed by atoms with E-state index < -0.39 is 5.25 Å². The Bertz CT molecular complexity index is 965. The van der Waals surface area contributed by atoms with Crippen LogP contribution in [-0.2, 0) is 4.79 Å². The highest BCUT2D eigenvalue weighted by Gasteiger charge is 2.26. The molecule has 0 aliphatic carbocycles. The van der Waals surface area contributed by atoms with Crippen LogP contribution < -0.4 is 10.6 Å². The lowest BCUT2D eigenvalue weighted by atomic mass is 10.1. The van der Waals surface area contributed by atoms with Crippen molar-refractivity contribution >= 4 is 23.6 Å². The minimum atomic E-state index is -0.529. The highest BCUT2D eigenvalue weighted by Crippen LogP contribution is 2.37. The Morgan fingerprint density at radius 2 is 1.69 bits per heavy atom. The molecule has 1 fully saturated rings. The minimum Gasteiger partial charge on any atom is -0.368 e. The first-order valence-electron chi connectivity index (χ1n) is 9.92. The number of nitrogens with zero attached hydrogens (tertiary/aromatic N) is 4. The van der Waals surface area contributed by atoms with Crippen LogP contribution in [0.1, 0.15) is 35.6 Å². The number of hydrogen-bond acceptors (Lipinski definition) is 5. The highest BCUT2D eigenvalue weighted by atomic mass is 32.2. The number of hydrogen-bond donors (Lipinski definition) is 1. The second-order valence-electron chi connectivity index (χ2n) is 7.31. The quantitative estimate of drug-likeness (QED) is 0.628. The normalized spacial score (nSPS) is 15.3. The summed E-state index contributed by atoms with van der Waals surface area (Å²) in [6.45, 7) is 3.99. The summed E-state index contributed by atoms with van der Waals surface area (Å²) >= 11 is 1.35. The molecule has 29 heavy (non-hydrogen) atoms. The maximum atomic E-state index is 12.2. The summed E-state index contributed by atoms with van der Waals surface area (Å²) in [5.74, 6) is 0.437. The SMILES string of the molecule is Cc1ccc(-n2c(SC(C(N)=O)c3ccccc3)nnc2N2CCCCC2)cc1. The number of aryl methyl sites for hydroxylation is 1. The van der Waals surface area contributed by atoms with Crippen LogP contribution in [0.3, 0.4) is 0 Å². The van der Waals surface area contributed by atoms with Crippen molar-refractivity contribution in [3.63, 3.8) is 0 Å². The molecule has 1 aliphatic rings. The fraction of sp³-hybridized carbons (Fsp3) is 0.318. The zero-order valence-corrected chi connectivity index (χ0v) is 17.3. The van der Waals surface area contributed by atoms with Gasteiger partial charge in [-0.15, -0.1) is 10.2 Å². The molecule has 0 radical (unpaired) electrons. The van der Waals surface area contributed by atoms with E-state index in [1.54, 1.807) is 0 Å². The summed E-state index contributed by atoms with van der Waals surface area (Å²) in [4.78, 5) is 14.5. The number of thioether (sulfide) groups is 1. The van der Waals surface area contributed by atoms with Crippen molar-refractivity contribution < 1.29 is 4.79 Å². The first-order valence-corrected chi connectivity index (χ1v) is 10.8. The van der Waals surface area contributed by atoms with Crippen LogP contribution in [0.4, 0.5) is 5.95 Å². The Morgan fingerprint density at radius 1 is 1.00 bits per heavy atom. The molecule has 6 nitrogen and oxygen atoms in total. The van der Waals surface area contributed by atoms with Crippen molar-refractivity contribution in [1.82, 2.24) is 14.8 Å². The largest absolute Gasteiger partial charge is 0.368 e. The summed E-state index contributed by atoms with van der Waals surface area (Å²) in [6, 6.07) is 17.9. The summed E-state index contributed by atoms with van der Waals surface area (Å²) in [7, 11) is 0. The monoisotopic (exact) mass is 407 g/mol. The number of anilines is 1. The molecule has 1 unspecified atom stereocenters. The maximum Gasteiger partial charge on any atom is 0.235 e. The predicted molar refractivity (Wildman–Crippen MR) is 116 cm³/mol. The average Bonchev–Trinajstić information content (AvgIpc) is 3.17. The molecule has 0 spiro atoms. The minimum absolute atomic E-state index is 0.390. The van der Waals surface area contributed by atoms with Gasteiger partial charge in [0.2, 0.25) is 11.9 Å². The smallest absolute Gasteiger partial charge is 0.235 e. The average molecular weight is 408 g/mol. The number of nitrogens with two attached hydrogens (primary N) is 1. The van der Waals surface area contributed by atoms with Gasteiger partial charge in [0.05, 0.1) is 5.69 Å². The number of carbonyl (C=O) groups is 1. The Hall–Kier alpha value is -2.80. The second kappa shape index (κ2) is 8.69. The lowest BCUT2D eigenvalue weighted by molar-refractivity contribution is -0.117. The first-order chi connectivity index (χ1) is 14.1. The molecular formula is C22H25N5OS. The molecule has 3 aromatic rings. The second-order valence-corrected chi connectivity index (χ2v) is 8.38. The van der Waals surface area contributed by atoms with Gasteiger partial charge in [0.25, 0.3) is 0 Å². The Balaban J connectivity index is 1.75. The predicted octanol–water partition coefficient (Wildman–Crippen LogP) is 3.88. The molecule has 0 bridgehead atoms. The van der Waals surface area contributed by atoms with Crippen molar-refractivity contribution in [3.05, 3.63) is 65.7 Å². The molecule has 4 rings (SSSR count). The van der Waals surface area contributed by atoms with Gasteiger partial charge in [-0.3, -0.25) is 9.36 Å². The van der Waals surface area contributed by atoms with E-state index in [9.17, 15) is 4.79 Å². The number of aromatic nitrogens is 3. The van der Waals surface area contributed by atoms with Gasteiger partial charge in [0.15, 0.2) is 5.16 Å². The van der Waals surface area contributed by atoms with E-state index in [0.717, 1.165) is 43.1 Å². The molecule has 1 saturated heterocycles. The number of carbonyl (C=O) groups excluding carboxylic acids is 1. The van der Waals surface area contributed by atoms with Gasteiger partial charge < -0.3 is 10.6 Å². The van der Waals surface area contributed by atoms with E-state index in [4.69, 9.17) is 5.73 Å². The van der Waals surface area contributed by atoms with Gasteiger partial charge in [0, 0.05) is 13.1 Å². The van der Waals surface area contributed by atoms with E-state index in [1.165, 1.54) is 23.7 Å². The number of benzene rings is 2. The van der Waals surface area contributed by atoms with Crippen LogP contribution in [-0.4, -0.2) is 33.8 Å². The van der Waals surface area contributed by atoms with E-state index in [1.807, 2.05) is 34.9 Å². The summed E-state index contributed by atoms with van der Waals surface area (Å²) in [5.41, 5.74) is 8.79. The fourth-order valence-corrected chi connectivity index (χ4v) is 4.58. The number of rotatable bonds is 6. The van der Waals surface area contributed by atoms with E-state index in [2.05, 4.69) is 46.3 Å². The van der Waals surface area contributed by atoms with Gasteiger partial charge in [-0.05, 0) is 43.9 Å². The van der Waals surface area contributed by atoms with Gasteiger partial charge >= 0.3 is 0 Å². The van der Waals surface area contributed by atoms with Crippen LogP contribution in [0, 0.1) is 6.92 Å². The fourth-order valence-electron chi connectivity index (χ4n) is 3.58. The zero-order valence-electron chi connectivity index (χ0n) is 16.5. The standard InChI is InChI=1S/C22H25N5OS/c1-16-10-12-18(13-11-16)27-21(26-14-6-3-7-15-26)24-25-22(27)29-19(20(23)28)17-8-4-2-5-9-17/h2,4-5,8-13,19H,3,6-7,14-15H2,1H3,(H2,23,28). The number of primary amides is 1. The van der Waals surface area contributed by atoms with Crippen LogP contribution in [0.2, 0.25) is 0 Å². The van der Waals surface area contributed by atoms with Gasteiger partial charge in [-0.25, -0.2) is 0 Å². The lowest BCUT2D eigenvalue weighted by Gasteiger charge is -2.28. The summed E-state index contributed by atoms with van der Waals surface area (Å²) in [6.07, 6.45) is 3.54. The van der Waals surface area contributed by atoms with E-state index in [-0.39, 0.29) is 5.91 Å². The van der Waals surface area contributed by atoms with E-state index >= 15 is 0 Å². The van der Waals surface area contributed by atoms with Crippen LogP contribution in [0.5, 0.6) is 0 Å². The van der Waals surface area contributed by atoms with Crippen molar-refractivity contribution in [2.24, 2.45) is 5.73 Å². The highest BCUT2D eigenvalue weighted by molar-refractivity contribution is 8.00. The third kappa shape index (κ3) is 4.29. The molecule has 1 aromatic heterocycles. The van der Waals surface area contributed by atoms with Crippen LogP contribution in [0.25, 0.3) is 5.69 Å². The maximum absolute atomic E-state index is 12.2. The topological polar surface area (TPSA) is 77.0 Å². The Morgan fingerprint density at radius 3 is 2.34 bits per heavy atom. The number of amides is 1. The molecule has 2 heterocycles. The van der Waals surface area contributed by atoms with Gasteiger partial charge in [-0.1, -0.05) is 59.8 Å². The van der Waals surface area contributed by atoms with E-state index in [0.29, 0.717) is 5.16 Å². The van der Waals surface area contributed by atoms with Gasteiger partial charge in [-0.2, -0.15) is 0 Å². The van der Waals surface area contributed by atoms with Crippen molar-refractivity contribution in [2.75, 3.05) is 18.0 Å². The lowest BCUT2D eigenvalue weighted by Crippen LogP contribution is -2.31. The zero-order chi connectivity index (χ0) is 20.2. The van der Waals surface area contributed by atoms with Crippen molar-refractivity contribution in [1.29, 1.82) is 0 Å². The third-order valence-electron chi connectivity index (χ3n) is 5.13. The molecule has 1 aliphatic heterocycles. The number of piperidine rings is 1. The van der Waals surface area contributed by atoms with Crippen molar-refractivity contribution in [2.45, 2.75) is 36.6 Å². The molecule has 1 atom stereocenters. The van der Waals surface area contributed by atoms with Crippen molar-refractivity contribution in [3.8, 4) is 5.69 Å². The first kappa shape index (κ1) is 19.5. The molecular weight excluding hydrogens is 382 g/mol.